The summed E-state index contributed by atoms with van der Waals surface area (Å²) in [6, 6.07) is 19.2. The fraction of sp³-hybridized carbons (Fsp3) is 0.130. The minimum atomic E-state index is -0.0281. The lowest BCUT2D eigenvalue weighted by molar-refractivity contribution is 0.0798. The minimum absolute atomic E-state index is 0.0281. The van der Waals surface area contributed by atoms with E-state index in [1.54, 1.807) is 23.5 Å². The minimum Gasteiger partial charge on any atom is -0.341 e. The number of rotatable bonds is 5. The lowest BCUT2D eigenvalue weighted by Gasteiger charge is -2.18. The molecule has 0 atom stereocenters. The van der Waals surface area contributed by atoms with Crippen molar-refractivity contribution in [1.29, 1.82) is 0 Å². The summed E-state index contributed by atoms with van der Waals surface area (Å²) in [6.45, 7) is 0.592. The van der Waals surface area contributed by atoms with E-state index in [1.165, 1.54) is 0 Å². The SMILES string of the molecule is CN(CCc1ccccn1)C(=O)c1cc(-c2cccnc2)nc2ccccc12. The fourth-order valence-electron chi connectivity index (χ4n) is 3.15. The molecule has 0 aliphatic rings. The molecule has 0 N–H and O–H groups in total. The fourth-order valence-corrected chi connectivity index (χ4v) is 3.15. The number of nitrogens with zero attached hydrogens (tertiary/aromatic N) is 4. The number of amides is 1. The molecule has 5 heteroatoms. The Labute approximate surface area is 163 Å². The van der Waals surface area contributed by atoms with Gasteiger partial charge in [-0.05, 0) is 36.4 Å². The van der Waals surface area contributed by atoms with Crippen LogP contribution in [0, 0.1) is 0 Å². The third-order valence-corrected chi connectivity index (χ3v) is 4.68. The van der Waals surface area contributed by atoms with Crippen LogP contribution >= 0.6 is 0 Å². The number of hydrogen-bond acceptors (Lipinski definition) is 4. The third-order valence-electron chi connectivity index (χ3n) is 4.68. The number of carbonyl (C=O) groups excluding carboxylic acids is 1. The van der Waals surface area contributed by atoms with Crippen molar-refractivity contribution in [2.45, 2.75) is 6.42 Å². The lowest BCUT2D eigenvalue weighted by atomic mass is 10.0. The zero-order valence-corrected chi connectivity index (χ0v) is 15.6. The number of carbonyl (C=O) groups is 1. The monoisotopic (exact) mass is 368 g/mol. The first-order chi connectivity index (χ1) is 13.7. The van der Waals surface area contributed by atoms with Crippen LogP contribution in [0.15, 0.2) is 79.3 Å². The van der Waals surface area contributed by atoms with Gasteiger partial charge in [0.05, 0.1) is 16.8 Å². The Morgan fingerprint density at radius 1 is 1.00 bits per heavy atom. The Hall–Kier alpha value is -3.60. The van der Waals surface area contributed by atoms with Gasteiger partial charge < -0.3 is 4.90 Å². The Balaban J connectivity index is 1.67. The van der Waals surface area contributed by atoms with Crippen molar-refractivity contribution in [3.8, 4) is 11.3 Å². The summed E-state index contributed by atoms with van der Waals surface area (Å²) in [5.41, 5.74) is 4.04. The van der Waals surface area contributed by atoms with Crippen LogP contribution in [0.3, 0.4) is 0 Å². The number of fused-ring (bicyclic) bond motifs is 1. The van der Waals surface area contributed by atoms with Gasteiger partial charge in [-0.25, -0.2) is 4.98 Å². The molecule has 3 aromatic heterocycles. The zero-order chi connectivity index (χ0) is 19.3. The average molecular weight is 368 g/mol. The molecule has 0 fully saturated rings. The van der Waals surface area contributed by atoms with Gasteiger partial charge in [0.15, 0.2) is 0 Å². The molecule has 1 amide bonds. The second-order valence-corrected chi connectivity index (χ2v) is 6.61. The van der Waals surface area contributed by atoms with Crippen molar-refractivity contribution in [3.05, 3.63) is 90.5 Å². The number of para-hydroxylation sites is 1. The van der Waals surface area contributed by atoms with Gasteiger partial charge in [-0.15, -0.1) is 0 Å². The van der Waals surface area contributed by atoms with E-state index in [0.717, 1.165) is 27.9 Å². The summed E-state index contributed by atoms with van der Waals surface area (Å²) in [4.78, 5) is 28.2. The summed E-state index contributed by atoms with van der Waals surface area (Å²) in [5, 5.41) is 0.852. The molecule has 0 spiro atoms. The van der Waals surface area contributed by atoms with Crippen molar-refractivity contribution >= 4 is 16.8 Å². The quantitative estimate of drug-likeness (QED) is 0.534. The normalized spacial score (nSPS) is 10.8. The largest absolute Gasteiger partial charge is 0.341 e. The van der Waals surface area contributed by atoms with Gasteiger partial charge >= 0.3 is 0 Å². The topological polar surface area (TPSA) is 59.0 Å². The summed E-state index contributed by atoms with van der Waals surface area (Å²) < 4.78 is 0. The molecule has 0 aliphatic heterocycles. The molecule has 5 nitrogen and oxygen atoms in total. The van der Waals surface area contributed by atoms with Crippen LogP contribution in [0.25, 0.3) is 22.2 Å². The first-order valence-electron chi connectivity index (χ1n) is 9.18. The lowest BCUT2D eigenvalue weighted by Crippen LogP contribution is -2.29. The second kappa shape index (κ2) is 7.96. The van der Waals surface area contributed by atoms with Crippen molar-refractivity contribution in [3.63, 3.8) is 0 Å². The number of aromatic nitrogens is 3. The van der Waals surface area contributed by atoms with Gasteiger partial charge in [0.2, 0.25) is 0 Å². The maximum Gasteiger partial charge on any atom is 0.254 e. The molecule has 3 heterocycles. The second-order valence-electron chi connectivity index (χ2n) is 6.61. The molecule has 4 aromatic rings. The standard InChI is InChI=1S/C23H20N4O/c1-27(14-11-18-8-4-5-13-25-18)23(28)20-15-22(17-7-6-12-24-16-17)26-21-10-3-2-9-19(20)21/h2-10,12-13,15-16H,11,14H2,1H3. The van der Waals surface area contributed by atoms with Crippen LogP contribution < -0.4 is 0 Å². The van der Waals surface area contributed by atoms with E-state index in [4.69, 9.17) is 4.98 Å². The van der Waals surface area contributed by atoms with E-state index in [1.807, 2.05) is 67.7 Å². The van der Waals surface area contributed by atoms with E-state index in [9.17, 15) is 4.79 Å². The molecule has 0 bridgehead atoms. The number of hydrogen-bond donors (Lipinski definition) is 0. The third kappa shape index (κ3) is 3.74. The molecule has 28 heavy (non-hydrogen) atoms. The molecule has 0 unspecified atom stereocenters. The van der Waals surface area contributed by atoms with Crippen LogP contribution in [-0.4, -0.2) is 39.4 Å². The van der Waals surface area contributed by atoms with Gasteiger partial charge in [0.25, 0.3) is 5.91 Å². The maximum atomic E-state index is 13.2. The highest BCUT2D eigenvalue weighted by Gasteiger charge is 2.17. The number of likely N-dealkylation sites (N-methyl/N-ethyl adjacent to an activating group) is 1. The number of benzene rings is 1. The van der Waals surface area contributed by atoms with Crippen LogP contribution in [0.5, 0.6) is 0 Å². The summed E-state index contributed by atoms with van der Waals surface area (Å²) >= 11 is 0. The molecule has 4 rings (SSSR count). The van der Waals surface area contributed by atoms with E-state index < -0.39 is 0 Å². The predicted octanol–water partition coefficient (Wildman–Crippen LogP) is 4.01. The predicted molar refractivity (Wildman–Crippen MR) is 110 cm³/mol. The molecule has 0 saturated carbocycles. The maximum absolute atomic E-state index is 13.2. The van der Waals surface area contributed by atoms with Crippen molar-refractivity contribution in [1.82, 2.24) is 19.9 Å². The highest BCUT2D eigenvalue weighted by Crippen LogP contribution is 2.25. The summed E-state index contributed by atoms with van der Waals surface area (Å²) in [6.07, 6.45) is 5.97. The van der Waals surface area contributed by atoms with Gasteiger partial charge in [0.1, 0.15) is 0 Å². The van der Waals surface area contributed by atoms with Gasteiger partial charge in [-0.1, -0.05) is 24.3 Å². The van der Waals surface area contributed by atoms with Gasteiger partial charge in [-0.3, -0.25) is 14.8 Å². The Kier molecular flexibility index (Phi) is 5.06. The molecular weight excluding hydrogens is 348 g/mol. The average Bonchev–Trinajstić information content (AvgIpc) is 2.77. The Morgan fingerprint density at radius 3 is 2.64 bits per heavy atom. The van der Waals surface area contributed by atoms with Crippen molar-refractivity contribution in [2.75, 3.05) is 13.6 Å². The highest BCUT2D eigenvalue weighted by molar-refractivity contribution is 6.07. The molecule has 0 saturated heterocycles. The summed E-state index contributed by atoms with van der Waals surface area (Å²) in [5.74, 6) is -0.0281. The molecule has 0 aliphatic carbocycles. The first kappa shape index (κ1) is 17.8. The van der Waals surface area contributed by atoms with E-state index in [0.29, 0.717) is 18.5 Å². The smallest absolute Gasteiger partial charge is 0.254 e. The first-order valence-corrected chi connectivity index (χ1v) is 9.18. The van der Waals surface area contributed by atoms with Crippen molar-refractivity contribution in [2.24, 2.45) is 0 Å². The van der Waals surface area contributed by atoms with E-state index >= 15 is 0 Å². The Morgan fingerprint density at radius 2 is 1.86 bits per heavy atom. The van der Waals surface area contributed by atoms with Crippen LogP contribution in [0.4, 0.5) is 0 Å². The number of pyridine rings is 3. The van der Waals surface area contributed by atoms with Crippen molar-refractivity contribution < 1.29 is 4.79 Å². The zero-order valence-electron chi connectivity index (χ0n) is 15.6. The van der Waals surface area contributed by atoms with Gasteiger partial charge in [0, 0.05) is 55.2 Å². The Bertz CT molecular complexity index is 1100. The van der Waals surface area contributed by atoms with Crippen LogP contribution in [-0.2, 0) is 6.42 Å². The molecule has 138 valence electrons. The van der Waals surface area contributed by atoms with E-state index in [-0.39, 0.29) is 5.91 Å². The van der Waals surface area contributed by atoms with E-state index in [2.05, 4.69) is 9.97 Å². The highest BCUT2D eigenvalue weighted by atomic mass is 16.2. The summed E-state index contributed by atoms with van der Waals surface area (Å²) in [7, 11) is 1.82. The van der Waals surface area contributed by atoms with Crippen LogP contribution in [0.1, 0.15) is 16.1 Å². The molecular formula is C23H20N4O. The molecule has 0 radical (unpaired) electrons. The molecule has 1 aromatic carbocycles. The van der Waals surface area contributed by atoms with Gasteiger partial charge in [-0.2, -0.15) is 0 Å². The van der Waals surface area contributed by atoms with Crippen LogP contribution in [0.2, 0.25) is 0 Å².